The van der Waals surface area contributed by atoms with Gasteiger partial charge in [-0.3, -0.25) is 18.6 Å². The maximum absolute atomic E-state index is 12.7. The van der Waals surface area contributed by atoms with Gasteiger partial charge in [-0.1, -0.05) is 193 Å². The third-order valence-electron chi connectivity index (χ3n) is 10.8. The highest BCUT2D eigenvalue weighted by Gasteiger charge is 2.27. The first-order valence-corrected chi connectivity index (χ1v) is 25.9. The van der Waals surface area contributed by atoms with E-state index in [-0.39, 0.29) is 25.6 Å². The highest BCUT2D eigenvalue weighted by atomic mass is 31.2. The molecule has 0 aromatic carbocycles. The monoisotopic (exact) mass is 845 g/mol. The number of carbonyl (C=O) groups excluding carboxylic acids is 2. The van der Waals surface area contributed by atoms with Gasteiger partial charge >= 0.3 is 19.8 Å². The number of ether oxygens (including phenoxy) is 2. The van der Waals surface area contributed by atoms with E-state index in [1.165, 1.54) is 148 Å². The van der Waals surface area contributed by atoms with Gasteiger partial charge in [-0.25, -0.2) is 4.57 Å². The molecule has 0 aromatic heterocycles. The van der Waals surface area contributed by atoms with E-state index in [1.807, 2.05) is 21.1 Å². The van der Waals surface area contributed by atoms with Crippen LogP contribution in [0.5, 0.6) is 0 Å². The Morgan fingerprint density at radius 2 is 0.879 bits per heavy atom. The third kappa shape index (κ3) is 44.3. The number of nitrogens with zero attached hydrogens (tertiary/aromatic N) is 1. The van der Waals surface area contributed by atoms with Crippen molar-refractivity contribution in [3.63, 3.8) is 0 Å². The number of allylic oxidation sites excluding steroid dienone is 2. The van der Waals surface area contributed by atoms with Gasteiger partial charge < -0.3 is 18.9 Å². The van der Waals surface area contributed by atoms with E-state index in [9.17, 15) is 19.0 Å². The number of likely N-dealkylation sites (N-methyl/N-ethyl adjacent to an activating group) is 1. The van der Waals surface area contributed by atoms with Crippen molar-refractivity contribution in [3.05, 3.63) is 12.2 Å². The van der Waals surface area contributed by atoms with Crippen LogP contribution in [0.2, 0.25) is 0 Å². The first-order valence-electron chi connectivity index (χ1n) is 24.4. The van der Waals surface area contributed by atoms with E-state index in [0.717, 1.165) is 51.4 Å². The van der Waals surface area contributed by atoms with Gasteiger partial charge in [-0.2, -0.15) is 0 Å². The molecule has 0 heterocycles. The maximum atomic E-state index is 12.7. The number of carbonyl (C=O) groups is 2. The lowest BCUT2D eigenvalue weighted by molar-refractivity contribution is -0.870. The topological polar surface area (TPSA) is 108 Å². The third-order valence-corrected chi connectivity index (χ3v) is 11.8. The quantitative estimate of drug-likeness (QED) is 0.0212. The van der Waals surface area contributed by atoms with Crippen LogP contribution in [0.1, 0.15) is 232 Å². The van der Waals surface area contributed by atoms with Crippen molar-refractivity contribution < 1.29 is 42.1 Å². The molecular weight excluding hydrogens is 750 g/mol. The predicted octanol–water partition coefficient (Wildman–Crippen LogP) is 14.1. The van der Waals surface area contributed by atoms with Crippen molar-refractivity contribution in [1.82, 2.24) is 0 Å². The zero-order chi connectivity index (χ0) is 42.8. The molecule has 2 unspecified atom stereocenters. The van der Waals surface area contributed by atoms with Gasteiger partial charge in [-0.15, -0.1) is 0 Å². The number of unbranched alkanes of at least 4 members (excludes halogenated alkanes) is 29. The minimum atomic E-state index is -4.37. The first kappa shape index (κ1) is 56.8. The van der Waals surface area contributed by atoms with Crippen LogP contribution in [0.3, 0.4) is 0 Å². The number of rotatable bonds is 45. The predicted molar refractivity (Wildman–Crippen MR) is 243 cm³/mol. The summed E-state index contributed by atoms with van der Waals surface area (Å²) in [5.74, 6) is -0.795. The Bertz CT molecular complexity index is 1000. The van der Waals surface area contributed by atoms with E-state index in [0.29, 0.717) is 23.9 Å². The van der Waals surface area contributed by atoms with Crippen molar-refractivity contribution in [1.29, 1.82) is 0 Å². The van der Waals surface area contributed by atoms with Crippen LogP contribution < -0.4 is 0 Å². The average Bonchev–Trinajstić information content (AvgIpc) is 3.17. The Morgan fingerprint density at radius 1 is 0.517 bits per heavy atom. The Kier molecular flexibility index (Phi) is 40.2. The van der Waals surface area contributed by atoms with E-state index < -0.39 is 26.5 Å². The highest BCUT2D eigenvalue weighted by Crippen LogP contribution is 2.43. The van der Waals surface area contributed by atoms with Gasteiger partial charge in [0.05, 0.1) is 27.7 Å². The molecular formula is C48H95NO8P+. The maximum Gasteiger partial charge on any atom is 0.472 e. The second kappa shape index (κ2) is 41.1. The second-order valence-corrected chi connectivity index (χ2v) is 19.3. The Labute approximate surface area is 358 Å². The fraction of sp³-hybridized carbons (Fsp3) is 0.917. The van der Waals surface area contributed by atoms with E-state index in [4.69, 9.17) is 18.5 Å². The summed E-state index contributed by atoms with van der Waals surface area (Å²) >= 11 is 0. The highest BCUT2D eigenvalue weighted by molar-refractivity contribution is 7.47. The molecule has 0 aliphatic carbocycles. The molecule has 0 aliphatic rings. The summed E-state index contributed by atoms with van der Waals surface area (Å²) < 4.78 is 34.4. The van der Waals surface area contributed by atoms with Crippen molar-refractivity contribution in [2.45, 2.75) is 238 Å². The Balaban J connectivity index is 4.25. The first-order chi connectivity index (χ1) is 28.0. The van der Waals surface area contributed by atoms with Crippen LogP contribution in [0.15, 0.2) is 12.2 Å². The number of quaternary nitrogens is 1. The molecule has 1 N–H and O–H groups in total. The van der Waals surface area contributed by atoms with Crippen LogP contribution in [0.25, 0.3) is 0 Å². The molecule has 0 fully saturated rings. The summed E-state index contributed by atoms with van der Waals surface area (Å²) in [6, 6.07) is 0. The van der Waals surface area contributed by atoms with Gasteiger partial charge in [0, 0.05) is 12.8 Å². The molecule has 0 saturated carbocycles. The number of hydrogen-bond acceptors (Lipinski definition) is 7. The normalized spacial score (nSPS) is 13.6. The smallest absolute Gasteiger partial charge is 0.462 e. The number of phosphoric ester groups is 1. The molecule has 0 bridgehead atoms. The van der Waals surface area contributed by atoms with Crippen LogP contribution in [-0.2, 0) is 32.7 Å². The lowest BCUT2D eigenvalue weighted by Gasteiger charge is -2.24. The standard InChI is InChI=1S/C48H94NO8P/c1-6-8-10-12-14-16-18-20-22-23-24-25-27-28-30-32-34-36-38-40-47(50)54-44-46(45-56-58(52,53)55-43-42-49(3,4)5)57-48(51)41-39-37-35-33-31-29-26-21-19-17-15-13-11-9-7-2/h21,26,46H,6-20,22-25,27-45H2,1-5H3/p+1/b26-21+. The van der Waals surface area contributed by atoms with Crippen molar-refractivity contribution in [2.24, 2.45) is 0 Å². The van der Waals surface area contributed by atoms with Crippen molar-refractivity contribution in [2.75, 3.05) is 47.5 Å². The van der Waals surface area contributed by atoms with E-state index >= 15 is 0 Å². The zero-order valence-corrected chi connectivity index (χ0v) is 39.7. The van der Waals surface area contributed by atoms with Crippen molar-refractivity contribution >= 4 is 19.8 Å². The molecule has 58 heavy (non-hydrogen) atoms. The summed E-state index contributed by atoms with van der Waals surface area (Å²) in [6.45, 7) is 4.45. The largest absolute Gasteiger partial charge is 0.472 e. The fourth-order valence-electron chi connectivity index (χ4n) is 6.95. The van der Waals surface area contributed by atoms with Gasteiger partial charge in [-0.05, 0) is 38.5 Å². The Morgan fingerprint density at radius 3 is 1.28 bits per heavy atom. The van der Waals surface area contributed by atoms with Crippen LogP contribution in [0, 0.1) is 0 Å². The molecule has 2 atom stereocenters. The second-order valence-electron chi connectivity index (χ2n) is 17.9. The SMILES string of the molecule is CCCCCCCC/C=C/CCCCCCCC(=O)OC(COC(=O)CCCCCCCCCCCCCCCCCCCCC)COP(=O)(O)OCC[N+](C)(C)C. The fourth-order valence-corrected chi connectivity index (χ4v) is 7.69. The summed E-state index contributed by atoms with van der Waals surface area (Å²) in [6.07, 6.45) is 44.0. The number of esters is 2. The summed E-state index contributed by atoms with van der Waals surface area (Å²) in [7, 11) is 1.48. The summed E-state index contributed by atoms with van der Waals surface area (Å²) in [5, 5.41) is 0. The molecule has 0 radical (unpaired) electrons. The molecule has 0 amide bonds. The van der Waals surface area contributed by atoms with Gasteiger partial charge in [0.2, 0.25) is 0 Å². The van der Waals surface area contributed by atoms with E-state index in [1.54, 1.807) is 0 Å². The molecule has 344 valence electrons. The van der Waals surface area contributed by atoms with Gasteiger partial charge in [0.25, 0.3) is 0 Å². The van der Waals surface area contributed by atoms with Crippen LogP contribution in [0.4, 0.5) is 0 Å². The summed E-state index contributed by atoms with van der Waals surface area (Å²) in [5.41, 5.74) is 0. The van der Waals surface area contributed by atoms with Gasteiger partial charge in [0.1, 0.15) is 19.8 Å². The summed E-state index contributed by atoms with van der Waals surface area (Å²) in [4.78, 5) is 35.5. The van der Waals surface area contributed by atoms with Crippen LogP contribution in [-0.4, -0.2) is 74.9 Å². The van der Waals surface area contributed by atoms with Gasteiger partial charge in [0.15, 0.2) is 6.10 Å². The lowest BCUT2D eigenvalue weighted by Crippen LogP contribution is -2.37. The molecule has 0 saturated heterocycles. The molecule has 9 nitrogen and oxygen atoms in total. The van der Waals surface area contributed by atoms with E-state index in [2.05, 4.69) is 26.0 Å². The lowest BCUT2D eigenvalue weighted by atomic mass is 10.0. The molecule has 0 aromatic rings. The van der Waals surface area contributed by atoms with Crippen molar-refractivity contribution in [3.8, 4) is 0 Å². The minimum absolute atomic E-state index is 0.0334. The molecule has 10 heteroatoms. The molecule has 0 rings (SSSR count). The molecule has 0 aliphatic heterocycles. The Hall–Kier alpha value is -1.25. The average molecular weight is 845 g/mol. The minimum Gasteiger partial charge on any atom is -0.462 e. The van der Waals surface area contributed by atoms with Crippen LogP contribution >= 0.6 is 7.82 Å². The number of phosphoric acid groups is 1. The molecule has 0 spiro atoms. The zero-order valence-electron chi connectivity index (χ0n) is 38.8. The number of hydrogen-bond donors (Lipinski definition) is 1.